The van der Waals surface area contributed by atoms with Crippen LogP contribution in [0.5, 0.6) is 0 Å². The van der Waals surface area contributed by atoms with Crippen molar-refractivity contribution in [2.75, 3.05) is 5.73 Å². The molecule has 19 heavy (non-hydrogen) atoms. The summed E-state index contributed by atoms with van der Waals surface area (Å²) in [6.07, 6.45) is 3.59. The largest absolute Gasteiger partial charge is 0.368 e. The van der Waals surface area contributed by atoms with Crippen molar-refractivity contribution in [2.45, 2.75) is 0 Å². The van der Waals surface area contributed by atoms with Crippen LogP contribution in [-0.2, 0) is 0 Å². The minimum atomic E-state index is 0.385. The first-order chi connectivity index (χ1) is 9.33. The van der Waals surface area contributed by atoms with Gasteiger partial charge in [-0.25, -0.2) is 9.66 Å². The van der Waals surface area contributed by atoms with E-state index in [1.807, 2.05) is 54.0 Å². The van der Waals surface area contributed by atoms with Crippen LogP contribution in [-0.4, -0.2) is 15.9 Å². The standard InChI is InChI=1S/C14H12N4S/c15-14-17-12(13-7-4-8-19-13)10-18(14)16-9-11-5-2-1-3-6-11/h1-10H,(H2,15,17)/b16-9+. The normalized spacial score (nSPS) is 11.2. The highest BCUT2D eigenvalue weighted by atomic mass is 32.1. The number of thiophene rings is 1. The summed E-state index contributed by atoms with van der Waals surface area (Å²) in [5.41, 5.74) is 7.72. The molecule has 0 unspecified atom stereocenters. The molecule has 0 aliphatic rings. The van der Waals surface area contributed by atoms with Gasteiger partial charge in [0.25, 0.3) is 0 Å². The van der Waals surface area contributed by atoms with Crippen LogP contribution in [0, 0.1) is 0 Å². The molecule has 0 atom stereocenters. The van der Waals surface area contributed by atoms with E-state index in [9.17, 15) is 0 Å². The van der Waals surface area contributed by atoms with Gasteiger partial charge in [0.15, 0.2) is 0 Å². The summed E-state index contributed by atoms with van der Waals surface area (Å²) < 4.78 is 1.59. The first-order valence-electron chi connectivity index (χ1n) is 5.81. The Balaban J connectivity index is 1.88. The molecule has 0 saturated carbocycles. The average Bonchev–Trinajstić information content (AvgIpc) is 3.07. The minimum Gasteiger partial charge on any atom is -0.368 e. The summed E-state index contributed by atoms with van der Waals surface area (Å²) in [7, 11) is 0. The smallest absolute Gasteiger partial charge is 0.221 e. The van der Waals surface area contributed by atoms with Gasteiger partial charge in [-0.2, -0.15) is 5.10 Å². The van der Waals surface area contributed by atoms with Crippen LogP contribution in [0.1, 0.15) is 5.56 Å². The third-order valence-electron chi connectivity index (χ3n) is 2.62. The molecule has 3 aromatic rings. The van der Waals surface area contributed by atoms with Gasteiger partial charge < -0.3 is 5.73 Å². The summed E-state index contributed by atoms with van der Waals surface area (Å²) in [5, 5.41) is 6.33. The van der Waals surface area contributed by atoms with E-state index in [1.165, 1.54) is 0 Å². The third kappa shape index (κ3) is 2.56. The molecule has 2 heterocycles. The van der Waals surface area contributed by atoms with Crippen LogP contribution >= 0.6 is 11.3 Å². The van der Waals surface area contributed by atoms with Crippen LogP contribution < -0.4 is 5.73 Å². The first kappa shape index (κ1) is 11.7. The molecule has 4 nitrogen and oxygen atoms in total. The maximum absolute atomic E-state index is 5.85. The van der Waals surface area contributed by atoms with E-state index in [0.29, 0.717) is 5.95 Å². The quantitative estimate of drug-likeness (QED) is 0.742. The van der Waals surface area contributed by atoms with Crippen LogP contribution in [0.3, 0.4) is 0 Å². The van der Waals surface area contributed by atoms with Gasteiger partial charge in [0.05, 0.1) is 17.3 Å². The summed E-state index contributed by atoms with van der Waals surface area (Å²) >= 11 is 1.63. The van der Waals surface area contributed by atoms with Gasteiger partial charge >= 0.3 is 0 Å². The van der Waals surface area contributed by atoms with E-state index in [4.69, 9.17) is 5.73 Å². The summed E-state index contributed by atoms with van der Waals surface area (Å²) in [5.74, 6) is 0.385. The molecule has 0 aliphatic carbocycles. The monoisotopic (exact) mass is 268 g/mol. The number of nitrogen functional groups attached to an aromatic ring is 1. The molecule has 0 amide bonds. The predicted octanol–water partition coefficient (Wildman–Crippen LogP) is 3.08. The van der Waals surface area contributed by atoms with Crippen LogP contribution in [0.15, 0.2) is 59.1 Å². The Morgan fingerprint density at radius 2 is 2.00 bits per heavy atom. The molecule has 1 aromatic carbocycles. The number of aromatic nitrogens is 2. The highest BCUT2D eigenvalue weighted by molar-refractivity contribution is 7.13. The lowest BCUT2D eigenvalue weighted by Gasteiger charge is -1.94. The molecule has 0 aliphatic heterocycles. The second kappa shape index (κ2) is 5.07. The molecule has 0 bridgehead atoms. The van der Waals surface area contributed by atoms with Gasteiger partial charge in [0, 0.05) is 0 Å². The molecule has 2 N–H and O–H groups in total. The van der Waals surface area contributed by atoms with Crippen molar-refractivity contribution in [3.05, 3.63) is 59.6 Å². The fourth-order valence-corrected chi connectivity index (χ4v) is 2.37. The van der Waals surface area contributed by atoms with Gasteiger partial charge in [-0.05, 0) is 17.0 Å². The number of hydrogen-bond donors (Lipinski definition) is 1. The van der Waals surface area contributed by atoms with E-state index < -0.39 is 0 Å². The fourth-order valence-electron chi connectivity index (χ4n) is 1.69. The second-order valence-electron chi connectivity index (χ2n) is 3.96. The molecular formula is C14H12N4S. The highest BCUT2D eigenvalue weighted by Crippen LogP contribution is 2.24. The van der Waals surface area contributed by atoms with E-state index in [-0.39, 0.29) is 0 Å². The Morgan fingerprint density at radius 1 is 1.16 bits per heavy atom. The Labute approximate surface area is 114 Å². The number of hydrogen-bond acceptors (Lipinski definition) is 4. The van der Waals surface area contributed by atoms with Crippen molar-refractivity contribution in [2.24, 2.45) is 5.10 Å². The zero-order chi connectivity index (χ0) is 13.1. The summed E-state index contributed by atoms with van der Waals surface area (Å²) in [4.78, 5) is 5.39. The molecule has 5 heteroatoms. The Hall–Kier alpha value is -2.40. The highest BCUT2D eigenvalue weighted by Gasteiger charge is 2.06. The van der Waals surface area contributed by atoms with Crippen molar-refractivity contribution >= 4 is 23.5 Å². The van der Waals surface area contributed by atoms with E-state index in [2.05, 4.69) is 10.1 Å². The Kier molecular flexibility index (Phi) is 3.12. The summed E-state index contributed by atoms with van der Waals surface area (Å²) in [6.45, 7) is 0. The van der Waals surface area contributed by atoms with Gasteiger partial charge in [-0.15, -0.1) is 11.3 Å². The van der Waals surface area contributed by atoms with Crippen molar-refractivity contribution in [1.29, 1.82) is 0 Å². The molecule has 94 valence electrons. The predicted molar refractivity (Wildman–Crippen MR) is 79.4 cm³/mol. The Morgan fingerprint density at radius 3 is 2.74 bits per heavy atom. The molecule has 3 rings (SSSR count). The maximum atomic E-state index is 5.85. The van der Waals surface area contributed by atoms with Crippen molar-refractivity contribution in [3.8, 4) is 10.6 Å². The van der Waals surface area contributed by atoms with Crippen LogP contribution in [0.4, 0.5) is 5.95 Å². The molecule has 0 saturated heterocycles. The fraction of sp³-hybridized carbons (Fsp3) is 0. The molecule has 0 radical (unpaired) electrons. The number of nitrogens with two attached hydrogens (primary N) is 1. The van der Waals surface area contributed by atoms with Crippen LogP contribution in [0.2, 0.25) is 0 Å². The number of benzene rings is 1. The third-order valence-corrected chi connectivity index (χ3v) is 3.51. The second-order valence-corrected chi connectivity index (χ2v) is 4.91. The molecule has 0 spiro atoms. The maximum Gasteiger partial charge on any atom is 0.221 e. The van der Waals surface area contributed by atoms with E-state index >= 15 is 0 Å². The Bertz CT molecular complexity index is 684. The van der Waals surface area contributed by atoms with Crippen molar-refractivity contribution in [3.63, 3.8) is 0 Å². The number of imidazole rings is 1. The lowest BCUT2D eigenvalue weighted by molar-refractivity contribution is 0.898. The van der Waals surface area contributed by atoms with Gasteiger partial charge in [-0.3, -0.25) is 0 Å². The number of nitrogens with zero attached hydrogens (tertiary/aromatic N) is 3. The van der Waals surface area contributed by atoms with Gasteiger partial charge in [0.1, 0.15) is 5.69 Å². The van der Waals surface area contributed by atoms with Gasteiger partial charge in [0.2, 0.25) is 5.95 Å². The van der Waals surface area contributed by atoms with Crippen molar-refractivity contribution < 1.29 is 0 Å². The van der Waals surface area contributed by atoms with Gasteiger partial charge in [-0.1, -0.05) is 36.4 Å². The topological polar surface area (TPSA) is 56.2 Å². The minimum absolute atomic E-state index is 0.385. The average molecular weight is 268 g/mol. The zero-order valence-corrected chi connectivity index (χ0v) is 10.9. The van der Waals surface area contributed by atoms with E-state index in [1.54, 1.807) is 22.2 Å². The SMILES string of the molecule is Nc1nc(-c2cccs2)cn1/N=C/c1ccccc1. The molecule has 0 fully saturated rings. The zero-order valence-electron chi connectivity index (χ0n) is 10.1. The number of rotatable bonds is 3. The first-order valence-corrected chi connectivity index (χ1v) is 6.69. The van der Waals surface area contributed by atoms with E-state index in [0.717, 1.165) is 16.1 Å². The van der Waals surface area contributed by atoms with Crippen LogP contribution in [0.25, 0.3) is 10.6 Å². The van der Waals surface area contributed by atoms with Crippen molar-refractivity contribution in [1.82, 2.24) is 9.66 Å². The molecule has 2 aromatic heterocycles. The lowest BCUT2D eigenvalue weighted by atomic mass is 10.2. The molecular weight excluding hydrogens is 256 g/mol. The number of anilines is 1. The summed E-state index contributed by atoms with van der Waals surface area (Å²) in [6, 6.07) is 13.9. The lowest BCUT2D eigenvalue weighted by Crippen LogP contribution is -1.96.